The molecule has 1 amide bonds. The maximum Gasteiger partial charge on any atom is 0.267 e. The van der Waals surface area contributed by atoms with Crippen LogP contribution < -0.4 is 11.1 Å². The predicted molar refractivity (Wildman–Crippen MR) is 74.1 cm³/mol. The van der Waals surface area contributed by atoms with Gasteiger partial charge in [-0.25, -0.2) is 4.98 Å². The van der Waals surface area contributed by atoms with Gasteiger partial charge in [0.1, 0.15) is 10.7 Å². The first-order valence-corrected chi connectivity index (χ1v) is 6.59. The maximum atomic E-state index is 12.2. The first-order valence-electron chi connectivity index (χ1n) is 5.77. The van der Waals surface area contributed by atoms with Crippen molar-refractivity contribution in [1.29, 1.82) is 0 Å². The van der Waals surface area contributed by atoms with E-state index >= 15 is 0 Å². The predicted octanol–water partition coefficient (Wildman–Crippen LogP) is 1.26. The number of anilines is 2. The minimum atomic E-state index is -0.126. The highest BCUT2D eigenvalue weighted by molar-refractivity contribution is 7.18. The number of nitrogens with two attached hydrogens (primary N) is 1. The number of methoxy groups -OCH3 is 1. The molecule has 0 aliphatic rings. The highest BCUT2D eigenvalue weighted by Gasteiger charge is 2.22. The Morgan fingerprint density at radius 1 is 1.67 bits per heavy atom. The Labute approximate surface area is 111 Å². The van der Waals surface area contributed by atoms with Gasteiger partial charge < -0.3 is 20.7 Å². The van der Waals surface area contributed by atoms with Crippen molar-refractivity contribution < 1.29 is 9.53 Å². The Kier molecular flexibility index (Phi) is 5.36. The summed E-state index contributed by atoms with van der Waals surface area (Å²) in [6.07, 6.45) is 0. The van der Waals surface area contributed by atoms with E-state index in [9.17, 15) is 4.79 Å². The van der Waals surface area contributed by atoms with E-state index in [0.717, 1.165) is 6.54 Å². The molecule has 0 aliphatic carbocycles. The number of amides is 1. The van der Waals surface area contributed by atoms with Gasteiger partial charge in [-0.2, -0.15) is 0 Å². The molecule has 3 N–H and O–H groups in total. The zero-order chi connectivity index (χ0) is 13.7. The van der Waals surface area contributed by atoms with Crippen LogP contribution in [0.15, 0.2) is 0 Å². The lowest BCUT2D eigenvalue weighted by Crippen LogP contribution is -2.37. The molecule has 102 valence electrons. The maximum absolute atomic E-state index is 12.2. The molecule has 0 spiro atoms. The van der Waals surface area contributed by atoms with Gasteiger partial charge in [0.15, 0.2) is 5.13 Å². The van der Waals surface area contributed by atoms with Gasteiger partial charge in [0.25, 0.3) is 5.91 Å². The van der Waals surface area contributed by atoms with E-state index in [1.54, 1.807) is 19.1 Å². The Balaban J connectivity index is 2.82. The summed E-state index contributed by atoms with van der Waals surface area (Å²) in [4.78, 5) is 18.4. The number of nitrogen functional groups attached to an aromatic ring is 1. The average molecular weight is 272 g/mol. The number of nitrogens with one attached hydrogen (secondary N) is 1. The number of carbonyl (C=O) groups excluding carboxylic acids is 1. The molecule has 6 nitrogen and oxygen atoms in total. The third kappa shape index (κ3) is 3.33. The summed E-state index contributed by atoms with van der Waals surface area (Å²) in [5, 5.41) is 3.72. The Morgan fingerprint density at radius 3 is 2.89 bits per heavy atom. The van der Waals surface area contributed by atoms with Crippen molar-refractivity contribution in [3.05, 3.63) is 4.88 Å². The quantitative estimate of drug-likeness (QED) is 0.815. The van der Waals surface area contributed by atoms with Crippen molar-refractivity contribution in [2.24, 2.45) is 0 Å². The lowest BCUT2D eigenvalue weighted by atomic mass is 10.3. The first-order chi connectivity index (χ1) is 8.51. The van der Waals surface area contributed by atoms with Gasteiger partial charge in [-0.3, -0.25) is 4.79 Å². The van der Waals surface area contributed by atoms with Crippen LogP contribution in [0.3, 0.4) is 0 Å². The van der Waals surface area contributed by atoms with Crippen molar-refractivity contribution in [3.8, 4) is 0 Å². The summed E-state index contributed by atoms with van der Waals surface area (Å²) in [5.74, 6) is 0.149. The minimum Gasteiger partial charge on any atom is -0.383 e. The molecule has 1 unspecified atom stereocenters. The van der Waals surface area contributed by atoms with E-state index in [1.807, 2.05) is 13.8 Å². The normalized spacial score (nSPS) is 12.2. The number of aromatic nitrogens is 1. The van der Waals surface area contributed by atoms with Gasteiger partial charge in [-0.15, -0.1) is 0 Å². The number of ether oxygens (including phenoxy) is 1. The molecule has 1 atom stereocenters. The Morgan fingerprint density at radius 2 is 2.33 bits per heavy atom. The number of likely N-dealkylation sites (N-methyl/N-ethyl adjacent to an activating group) is 1. The van der Waals surface area contributed by atoms with Gasteiger partial charge in [0.2, 0.25) is 0 Å². The van der Waals surface area contributed by atoms with Gasteiger partial charge in [-0.1, -0.05) is 11.3 Å². The molecule has 1 aromatic heterocycles. The average Bonchev–Trinajstić information content (AvgIpc) is 2.69. The SMILES string of the molecule is CCNc1nc(N)c(C(=O)N(C)C(C)COC)s1. The zero-order valence-electron chi connectivity index (χ0n) is 11.2. The second-order valence-electron chi connectivity index (χ2n) is 3.98. The van der Waals surface area contributed by atoms with Gasteiger partial charge in [0.05, 0.1) is 12.6 Å². The molecule has 1 rings (SSSR count). The van der Waals surface area contributed by atoms with Crippen LogP contribution in [0.4, 0.5) is 10.9 Å². The standard InChI is InChI=1S/C11H20N4O2S/c1-5-13-11-14-9(12)8(18-11)10(16)15(3)7(2)6-17-4/h7H,5-6,12H2,1-4H3,(H,13,14). The molecule has 0 fully saturated rings. The number of rotatable bonds is 6. The van der Waals surface area contributed by atoms with E-state index in [0.29, 0.717) is 16.6 Å². The molecule has 1 aromatic rings. The number of hydrogen-bond acceptors (Lipinski definition) is 6. The summed E-state index contributed by atoms with van der Waals surface area (Å²) >= 11 is 1.28. The van der Waals surface area contributed by atoms with Gasteiger partial charge >= 0.3 is 0 Å². The summed E-state index contributed by atoms with van der Waals surface area (Å²) in [5.41, 5.74) is 5.77. The molecule has 0 saturated carbocycles. The molecular formula is C11H20N4O2S. The summed E-state index contributed by atoms with van der Waals surface area (Å²) in [6.45, 7) is 5.12. The third-order valence-corrected chi connectivity index (χ3v) is 3.58. The van der Waals surface area contributed by atoms with Crippen LogP contribution in [0.25, 0.3) is 0 Å². The van der Waals surface area contributed by atoms with Crippen molar-refractivity contribution in [2.75, 3.05) is 38.4 Å². The van der Waals surface area contributed by atoms with E-state index in [1.165, 1.54) is 11.3 Å². The third-order valence-electron chi connectivity index (χ3n) is 2.56. The smallest absolute Gasteiger partial charge is 0.267 e. The van der Waals surface area contributed by atoms with E-state index in [4.69, 9.17) is 10.5 Å². The highest BCUT2D eigenvalue weighted by atomic mass is 32.1. The van der Waals surface area contributed by atoms with E-state index < -0.39 is 0 Å². The van der Waals surface area contributed by atoms with Crippen LogP contribution >= 0.6 is 11.3 Å². The monoisotopic (exact) mass is 272 g/mol. The largest absolute Gasteiger partial charge is 0.383 e. The van der Waals surface area contributed by atoms with Crippen LogP contribution in [0.1, 0.15) is 23.5 Å². The lowest BCUT2D eigenvalue weighted by Gasteiger charge is -2.23. The first kappa shape index (κ1) is 14.7. The molecule has 7 heteroatoms. The van der Waals surface area contributed by atoms with Crippen LogP contribution in [-0.2, 0) is 4.74 Å². The molecule has 0 aliphatic heterocycles. The highest BCUT2D eigenvalue weighted by Crippen LogP contribution is 2.26. The Bertz CT molecular complexity index is 408. The second kappa shape index (κ2) is 6.55. The molecule has 0 aromatic carbocycles. The van der Waals surface area contributed by atoms with Crippen molar-refractivity contribution >= 4 is 28.2 Å². The molecular weight excluding hydrogens is 252 g/mol. The molecule has 0 bridgehead atoms. The molecule has 0 saturated heterocycles. The molecule has 1 heterocycles. The summed E-state index contributed by atoms with van der Waals surface area (Å²) in [6, 6.07) is -0.00779. The zero-order valence-corrected chi connectivity index (χ0v) is 12.0. The fourth-order valence-corrected chi connectivity index (χ4v) is 2.36. The fourth-order valence-electron chi connectivity index (χ4n) is 1.43. The van der Waals surface area contributed by atoms with Crippen LogP contribution in [0, 0.1) is 0 Å². The molecule has 18 heavy (non-hydrogen) atoms. The van der Waals surface area contributed by atoms with Crippen molar-refractivity contribution in [1.82, 2.24) is 9.88 Å². The van der Waals surface area contributed by atoms with Crippen LogP contribution in [0.5, 0.6) is 0 Å². The molecule has 0 radical (unpaired) electrons. The number of hydrogen-bond donors (Lipinski definition) is 2. The second-order valence-corrected chi connectivity index (χ2v) is 4.98. The van der Waals surface area contributed by atoms with Gasteiger partial charge in [0, 0.05) is 20.7 Å². The van der Waals surface area contributed by atoms with Crippen molar-refractivity contribution in [3.63, 3.8) is 0 Å². The number of nitrogens with zero attached hydrogens (tertiary/aromatic N) is 2. The topological polar surface area (TPSA) is 80.5 Å². The Hall–Kier alpha value is -1.34. The van der Waals surface area contributed by atoms with Gasteiger partial charge in [-0.05, 0) is 13.8 Å². The van der Waals surface area contributed by atoms with E-state index in [-0.39, 0.29) is 17.8 Å². The van der Waals surface area contributed by atoms with Crippen LogP contribution in [-0.4, -0.2) is 49.1 Å². The minimum absolute atomic E-state index is 0.00779. The fraction of sp³-hybridized carbons (Fsp3) is 0.636. The summed E-state index contributed by atoms with van der Waals surface area (Å²) < 4.78 is 5.04. The lowest BCUT2D eigenvalue weighted by molar-refractivity contribution is 0.0639. The van der Waals surface area contributed by atoms with Crippen LogP contribution in [0.2, 0.25) is 0 Å². The van der Waals surface area contributed by atoms with E-state index in [2.05, 4.69) is 10.3 Å². The number of carbonyl (C=O) groups is 1. The summed E-state index contributed by atoms with van der Waals surface area (Å²) in [7, 11) is 3.34. The number of thiazole rings is 1. The van der Waals surface area contributed by atoms with Crippen molar-refractivity contribution in [2.45, 2.75) is 19.9 Å².